The highest BCUT2D eigenvalue weighted by atomic mass is 32.1. The zero-order valence-corrected chi connectivity index (χ0v) is 27.1. The Labute approximate surface area is 277 Å². The number of hydrogen-bond donors (Lipinski definition) is 0. The van der Waals surface area contributed by atoms with Crippen LogP contribution in [0.25, 0.3) is 75.9 Å². The predicted molar refractivity (Wildman–Crippen MR) is 199 cm³/mol. The minimum Gasteiger partial charge on any atom is -0.278 e. The fraction of sp³-hybridized carbons (Fsp3) is 0.116. The van der Waals surface area contributed by atoms with Gasteiger partial charge in [0.15, 0.2) is 0 Å². The first-order valence-corrected chi connectivity index (χ1v) is 17.2. The van der Waals surface area contributed by atoms with E-state index < -0.39 is 0 Å². The first kappa shape index (κ1) is 26.9. The third-order valence-electron chi connectivity index (χ3n) is 10.2. The van der Waals surface area contributed by atoms with Gasteiger partial charge < -0.3 is 0 Å². The standard InChI is InChI=1S/C43H31N3S/c1-43(2)31-22-12-9-19-28(31)38-39(43)40-36(37-30-21-11-14-24-35(30)47-41(37)38)29-20-10-13-23-34(29)46(40)42-44-32(26-15-5-3-6-16-26)25-33(45-42)27-17-7-4-8-18-27/h3,5-7,9-25H,4,8H2,1-2H3. The number of benzene rings is 5. The van der Waals surface area contributed by atoms with Crippen LogP contribution in [0.3, 0.4) is 0 Å². The molecule has 0 saturated carbocycles. The van der Waals surface area contributed by atoms with Crippen LogP contribution in [0.1, 0.15) is 43.5 Å². The van der Waals surface area contributed by atoms with E-state index in [1.807, 2.05) is 11.3 Å². The minimum absolute atomic E-state index is 0.227. The van der Waals surface area contributed by atoms with Gasteiger partial charge in [-0.25, -0.2) is 9.97 Å². The number of thiophene rings is 1. The smallest absolute Gasteiger partial charge is 0.235 e. The maximum atomic E-state index is 5.41. The van der Waals surface area contributed by atoms with Gasteiger partial charge in [0.05, 0.1) is 22.4 Å². The van der Waals surface area contributed by atoms with Gasteiger partial charge in [-0.05, 0) is 53.3 Å². The summed E-state index contributed by atoms with van der Waals surface area (Å²) in [6, 6.07) is 39.4. The molecule has 0 bridgehead atoms. The molecule has 0 unspecified atom stereocenters. The van der Waals surface area contributed by atoms with Crippen molar-refractivity contribution in [2.75, 3.05) is 0 Å². The number of hydrogen-bond acceptors (Lipinski definition) is 3. The van der Waals surface area contributed by atoms with Gasteiger partial charge in [0.25, 0.3) is 0 Å². The molecule has 3 aromatic heterocycles. The summed E-state index contributed by atoms with van der Waals surface area (Å²) in [5, 5.41) is 5.17. The molecule has 2 aliphatic rings. The molecule has 0 amide bonds. The number of fused-ring (bicyclic) bond motifs is 12. The molecule has 4 heteroatoms. The van der Waals surface area contributed by atoms with Crippen LogP contribution in [0.2, 0.25) is 0 Å². The van der Waals surface area contributed by atoms with Crippen LogP contribution in [0.4, 0.5) is 0 Å². The van der Waals surface area contributed by atoms with Gasteiger partial charge in [0.1, 0.15) is 0 Å². The van der Waals surface area contributed by atoms with Gasteiger partial charge >= 0.3 is 0 Å². The van der Waals surface area contributed by atoms with E-state index in [2.05, 4.69) is 146 Å². The Bertz CT molecular complexity index is 2650. The zero-order chi connectivity index (χ0) is 31.3. The molecule has 5 aromatic carbocycles. The molecule has 8 aromatic rings. The highest BCUT2D eigenvalue weighted by Gasteiger charge is 2.41. The summed E-state index contributed by atoms with van der Waals surface area (Å²) in [6.07, 6.45) is 8.86. The van der Waals surface area contributed by atoms with Crippen LogP contribution in [0, 0.1) is 0 Å². The lowest BCUT2D eigenvalue weighted by Gasteiger charge is -2.24. The van der Waals surface area contributed by atoms with Gasteiger partial charge in [-0.3, -0.25) is 4.57 Å². The second kappa shape index (κ2) is 9.84. The molecule has 224 valence electrons. The van der Waals surface area contributed by atoms with Crippen molar-refractivity contribution in [2.24, 2.45) is 0 Å². The number of rotatable bonds is 3. The third-order valence-corrected chi connectivity index (χ3v) is 11.4. The molecule has 3 heterocycles. The molecular formula is C43H31N3S. The zero-order valence-electron chi connectivity index (χ0n) is 26.3. The van der Waals surface area contributed by atoms with E-state index in [4.69, 9.17) is 9.97 Å². The van der Waals surface area contributed by atoms with E-state index in [1.165, 1.54) is 58.7 Å². The average Bonchev–Trinajstić information content (AvgIpc) is 3.75. The van der Waals surface area contributed by atoms with Crippen LogP contribution in [0.15, 0.2) is 127 Å². The van der Waals surface area contributed by atoms with Crippen molar-refractivity contribution >= 4 is 58.9 Å². The number of aromatic nitrogens is 3. The summed E-state index contributed by atoms with van der Waals surface area (Å²) in [5.74, 6) is 0.709. The monoisotopic (exact) mass is 621 g/mol. The molecule has 3 nitrogen and oxygen atoms in total. The lowest BCUT2D eigenvalue weighted by molar-refractivity contribution is 0.664. The van der Waals surface area contributed by atoms with Crippen molar-refractivity contribution in [3.63, 3.8) is 0 Å². The molecule has 0 fully saturated rings. The summed E-state index contributed by atoms with van der Waals surface area (Å²) in [6.45, 7) is 4.78. The van der Waals surface area contributed by atoms with E-state index in [0.717, 1.165) is 40.9 Å². The van der Waals surface area contributed by atoms with Crippen LogP contribution >= 0.6 is 11.3 Å². The Hall–Kier alpha value is -5.32. The van der Waals surface area contributed by atoms with E-state index in [1.54, 1.807) is 0 Å². The molecule has 0 N–H and O–H groups in total. The molecule has 0 atom stereocenters. The van der Waals surface area contributed by atoms with Crippen LogP contribution in [-0.2, 0) is 5.41 Å². The molecule has 0 aliphatic heterocycles. The van der Waals surface area contributed by atoms with Gasteiger partial charge in [0.2, 0.25) is 5.95 Å². The van der Waals surface area contributed by atoms with E-state index >= 15 is 0 Å². The van der Waals surface area contributed by atoms with Crippen molar-refractivity contribution in [3.05, 3.63) is 144 Å². The van der Waals surface area contributed by atoms with Gasteiger partial charge in [-0.1, -0.05) is 123 Å². The van der Waals surface area contributed by atoms with Gasteiger partial charge in [-0.2, -0.15) is 0 Å². The summed E-state index contributed by atoms with van der Waals surface area (Å²) < 4.78 is 5.06. The highest BCUT2D eigenvalue weighted by Crippen LogP contribution is 2.58. The van der Waals surface area contributed by atoms with Crippen molar-refractivity contribution in [1.82, 2.24) is 14.5 Å². The summed E-state index contributed by atoms with van der Waals surface area (Å²) >= 11 is 1.93. The normalized spacial score (nSPS) is 15.1. The van der Waals surface area contributed by atoms with Crippen molar-refractivity contribution in [1.29, 1.82) is 0 Å². The Kier molecular flexibility index (Phi) is 5.62. The Balaban J connectivity index is 1.43. The first-order chi connectivity index (χ1) is 23.1. The topological polar surface area (TPSA) is 30.7 Å². The molecular weight excluding hydrogens is 591 g/mol. The summed E-state index contributed by atoms with van der Waals surface area (Å²) in [7, 11) is 0. The number of nitrogens with zero attached hydrogens (tertiary/aromatic N) is 3. The van der Waals surface area contributed by atoms with Crippen molar-refractivity contribution in [2.45, 2.75) is 32.1 Å². The van der Waals surface area contributed by atoms with Crippen LogP contribution in [-0.4, -0.2) is 14.5 Å². The predicted octanol–water partition coefficient (Wildman–Crippen LogP) is 11.6. The largest absolute Gasteiger partial charge is 0.278 e. The maximum absolute atomic E-state index is 5.41. The number of para-hydroxylation sites is 1. The highest BCUT2D eigenvalue weighted by molar-refractivity contribution is 7.26. The molecule has 0 spiro atoms. The van der Waals surface area contributed by atoms with E-state index in [-0.39, 0.29) is 5.41 Å². The average molecular weight is 622 g/mol. The lowest BCUT2D eigenvalue weighted by atomic mass is 9.81. The van der Waals surface area contributed by atoms with Crippen LogP contribution in [0.5, 0.6) is 0 Å². The fourth-order valence-electron chi connectivity index (χ4n) is 8.13. The Morgan fingerprint density at radius 3 is 2.32 bits per heavy atom. The number of allylic oxidation sites excluding steroid dienone is 4. The second-order valence-electron chi connectivity index (χ2n) is 13.2. The summed E-state index contributed by atoms with van der Waals surface area (Å²) in [4.78, 5) is 10.8. The molecule has 0 radical (unpaired) electrons. The maximum Gasteiger partial charge on any atom is 0.235 e. The van der Waals surface area contributed by atoms with Crippen LogP contribution < -0.4 is 0 Å². The Morgan fingerprint density at radius 1 is 0.723 bits per heavy atom. The summed E-state index contributed by atoms with van der Waals surface area (Å²) in [5.41, 5.74) is 11.7. The van der Waals surface area contributed by atoms with Gasteiger partial charge in [0, 0.05) is 47.5 Å². The fourth-order valence-corrected chi connectivity index (χ4v) is 9.40. The van der Waals surface area contributed by atoms with Crippen molar-refractivity contribution < 1.29 is 0 Å². The third kappa shape index (κ3) is 3.73. The second-order valence-corrected chi connectivity index (χ2v) is 14.3. The van der Waals surface area contributed by atoms with E-state index in [9.17, 15) is 0 Å². The molecule has 0 saturated heterocycles. The molecule has 10 rings (SSSR count). The quantitative estimate of drug-likeness (QED) is 0.196. The van der Waals surface area contributed by atoms with Gasteiger partial charge in [-0.15, -0.1) is 11.3 Å². The first-order valence-electron chi connectivity index (χ1n) is 16.4. The Morgan fingerprint density at radius 2 is 1.47 bits per heavy atom. The van der Waals surface area contributed by atoms with E-state index in [0.29, 0.717) is 5.95 Å². The molecule has 2 aliphatic carbocycles. The minimum atomic E-state index is -0.227. The SMILES string of the molecule is CC1(C)c2ccccc2-c2c1c1c(c3ccccc3n1-c1nc(C3=CCCC=C3)cc(-c3ccccc3)n1)c1c2sc2ccccc21. The van der Waals surface area contributed by atoms with Crippen molar-refractivity contribution in [3.8, 4) is 28.3 Å². The lowest BCUT2D eigenvalue weighted by Crippen LogP contribution is -2.17. The molecule has 47 heavy (non-hydrogen) atoms.